The molecule has 1 aromatic rings. The molecule has 0 bridgehead atoms. The highest BCUT2D eigenvalue weighted by Gasteiger charge is 2.14. The van der Waals surface area contributed by atoms with Crippen molar-refractivity contribution in [2.75, 3.05) is 47.4 Å². The van der Waals surface area contributed by atoms with Crippen molar-refractivity contribution in [3.63, 3.8) is 0 Å². The van der Waals surface area contributed by atoms with Gasteiger partial charge in [-0.3, -0.25) is 4.99 Å². The Bertz CT molecular complexity index is 529. The lowest BCUT2D eigenvalue weighted by molar-refractivity contribution is 0.180. The fourth-order valence-electron chi connectivity index (χ4n) is 3.02. The van der Waals surface area contributed by atoms with Crippen molar-refractivity contribution in [2.24, 2.45) is 4.99 Å². The summed E-state index contributed by atoms with van der Waals surface area (Å²) in [6.07, 6.45) is 5.79. The molecule has 0 saturated carbocycles. The SMILES string of the molecule is CN=C(NCCN(C)CCCOC)NCc1nnc2n1CCCCC2. The molecule has 1 aliphatic heterocycles. The van der Waals surface area contributed by atoms with Gasteiger partial charge in [-0.15, -0.1) is 10.2 Å². The summed E-state index contributed by atoms with van der Waals surface area (Å²) in [6, 6.07) is 0. The Labute approximate surface area is 151 Å². The predicted octanol–water partition coefficient (Wildman–Crippen LogP) is 0.638. The van der Waals surface area contributed by atoms with Crippen molar-refractivity contribution >= 4 is 5.96 Å². The molecule has 0 fully saturated rings. The van der Waals surface area contributed by atoms with Gasteiger partial charge in [-0.25, -0.2) is 0 Å². The van der Waals surface area contributed by atoms with E-state index < -0.39 is 0 Å². The summed E-state index contributed by atoms with van der Waals surface area (Å²) in [6.45, 7) is 5.33. The number of nitrogens with one attached hydrogen (secondary N) is 2. The Kier molecular flexibility index (Phi) is 8.68. The molecule has 0 unspecified atom stereocenters. The third-order valence-electron chi connectivity index (χ3n) is 4.50. The van der Waals surface area contributed by atoms with Crippen LogP contribution in [-0.2, 0) is 24.2 Å². The summed E-state index contributed by atoms with van der Waals surface area (Å²) in [5.74, 6) is 2.92. The molecule has 0 amide bonds. The van der Waals surface area contributed by atoms with Gasteiger partial charge in [-0.1, -0.05) is 6.42 Å². The van der Waals surface area contributed by atoms with E-state index in [4.69, 9.17) is 4.74 Å². The summed E-state index contributed by atoms with van der Waals surface area (Å²) in [4.78, 5) is 6.58. The number of likely N-dealkylation sites (N-methyl/N-ethyl adjacent to an activating group) is 1. The van der Waals surface area contributed by atoms with Gasteiger partial charge in [0.2, 0.25) is 0 Å². The number of hydrogen-bond donors (Lipinski definition) is 2. The van der Waals surface area contributed by atoms with Crippen LogP contribution in [0, 0.1) is 0 Å². The van der Waals surface area contributed by atoms with Crippen molar-refractivity contribution in [3.05, 3.63) is 11.6 Å². The average Bonchev–Trinajstić information content (AvgIpc) is 2.85. The number of guanidine groups is 1. The molecule has 0 aliphatic carbocycles. The largest absolute Gasteiger partial charge is 0.385 e. The van der Waals surface area contributed by atoms with Gasteiger partial charge in [0.25, 0.3) is 0 Å². The molecule has 8 heteroatoms. The Balaban J connectivity index is 1.71. The van der Waals surface area contributed by atoms with Gasteiger partial charge >= 0.3 is 0 Å². The van der Waals surface area contributed by atoms with Crippen LogP contribution in [0.15, 0.2) is 4.99 Å². The number of aliphatic imine (C=N–C) groups is 1. The molecule has 2 rings (SSSR count). The summed E-state index contributed by atoms with van der Waals surface area (Å²) in [5, 5.41) is 15.4. The van der Waals surface area contributed by atoms with Gasteiger partial charge < -0.3 is 24.8 Å². The molecule has 1 aliphatic rings. The average molecular weight is 351 g/mol. The van der Waals surface area contributed by atoms with Gasteiger partial charge in [0.15, 0.2) is 11.8 Å². The zero-order valence-electron chi connectivity index (χ0n) is 15.9. The van der Waals surface area contributed by atoms with Crippen LogP contribution in [0.5, 0.6) is 0 Å². The lowest BCUT2D eigenvalue weighted by Crippen LogP contribution is -2.41. The highest BCUT2D eigenvalue weighted by molar-refractivity contribution is 5.79. The second-order valence-corrected chi connectivity index (χ2v) is 6.50. The van der Waals surface area contributed by atoms with Crippen molar-refractivity contribution in [1.82, 2.24) is 30.3 Å². The molecule has 0 aromatic carbocycles. The minimum Gasteiger partial charge on any atom is -0.385 e. The molecule has 0 radical (unpaired) electrons. The van der Waals surface area contributed by atoms with E-state index in [9.17, 15) is 0 Å². The van der Waals surface area contributed by atoms with E-state index in [0.717, 1.165) is 63.2 Å². The molecule has 0 spiro atoms. The van der Waals surface area contributed by atoms with E-state index >= 15 is 0 Å². The normalized spacial score (nSPS) is 15.1. The second-order valence-electron chi connectivity index (χ2n) is 6.50. The maximum atomic E-state index is 5.08. The molecule has 25 heavy (non-hydrogen) atoms. The lowest BCUT2D eigenvalue weighted by atomic mass is 10.2. The van der Waals surface area contributed by atoms with E-state index in [2.05, 4.69) is 42.3 Å². The first-order chi connectivity index (χ1) is 12.2. The van der Waals surface area contributed by atoms with Gasteiger partial charge in [-0.05, 0) is 26.3 Å². The van der Waals surface area contributed by atoms with E-state index in [1.165, 1.54) is 19.3 Å². The zero-order valence-corrected chi connectivity index (χ0v) is 15.9. The number of hydrogen-bond acceptors (Lipinski definition) is 5. The first-order valence-corrected chi connectivity index (χ1v) is 9.27. The topological polar surface area (TPSA) is 79.6 Å². The van der Waals surface area contributed by atoms with Crippen LogP contribution in [0.4, 0.5) is 0 Å². The maximum Gasteiger partial charge on any atom is 0.191 e. The van der Waals surface area contributed by atoms with Crippen LogP contribution in [-0.4, -0.2) is 73.1 Å². The number of aromatic nitrogens is 3. The maximum absolute atomic E-state index is 5.08. The third-order valence-corrected chi connectivity index (χ3v) is 4.50. The number of fused-ring (bicyclic) bond motifs is 1. The Morgan fingerprint density at radius 2 is 2.12 bits per heavy atom. The van der Waals surface area contributed by atoms with E-state index in [1.54, 1.807) is 14.2 Å². The molecule has 2 heterocycles. The molecule has 0 saturated heterocycles. The van der Waals surface area contributed by atoms with Gasteiger partial charge in [0.05, 0.1) is 6.54 Å². The van der Waals surface area contributed by atoms with Gasteiger partial charge in [0.1, 0.15) is 5.82 Å². The molecule has 142 valence electrons. The first-order valence-electron chi connectivity index (χ1n) is 9.27. The summed E-state index contributed by atoms with van der Waals surface area (Å²) in [5.41, 5.74) is 0. The van der Waals surface area contributed by atoms with Crippen LogP contribution >= 0.6 is 0 Å². The standard InChI is InChI=1S/C17H33N7O/c1-18-17(19-9-12-23(2)10-7-13-25-3)20-14-16-22-21-15-8-5-4-6-11-24(15)16/h4-14H2,1-3H3,(H2,18,19,20). The van der Waals surface area contributed by atoms with Crippen molar-refractivity contribution in [1.29, 1.82) is 0 Å². The molecule has 1 aromatic heterocycles. The quantitative estimate of drug-likeness (QED) is 0.386. The Hall–Kier alpha value is -1.67. The fourth-order valence-corrected chi connectivity index (χ4v) is 3.02. The zero-order chi connectivity index (χ0) is 17.9. The highest BCUT2D eigenvalue weighted by Crippen LogP contribution is 2.14. The summed E-state index contributed by atoms with van der Waals surface area (Å²) < 4.78 is 7.34. The number of rotatable bonds is 9. The second kappa shape index (κ2) is 11.0. The number of methoxy groups -OCH3 is 1. The van der Waals surface area contributed by atoms with E-state index in [0.29, 0.717) is 6.54 Å². The van der Waals surface area contributed by atoms with Crippen LogP contribution in [0.2, 0.25) is 0 Å². The van der Waals surface area contributed by atoms with Gasteiger partial charge in [-0.2, -0.15) is 0 Å². The lowest BCUT2D eigenvalue weighted by Gasteiger charge is -2.18. The predicted molar refractivity (Wildman–Crippen MR) is 99.8 cm³/mol. The smallest absolute Gasteiger partial charge is 0.191 e. The van der Waals surface area contributed by atoms with Crippen LogP contribution in [0.3, 0.4) is 0 Å². The first kappa shape index (κ1) is 19.7. The summed E-state index contributed by atoms with van der Waals surface area (Å²) in [7, 11) is 5.66. The van der Waals surface area contributed by atoms with E-state index in [1.807, 2.05) is 0 Å². The molecule has 2 N–H and O–H groups in total. The van der Waals surface area contributed by atoms with Crippen LogP contribution in [0.25, 0.3) is 0 Å². The van der Waals surface area contributed by atoms with Crippen molar-refractivity contribution in [2.45, 2.75) is 45.2 Å². The molecule has 8 nitrogen and oxygen atoms in total. The van der Waals surface area contributed by atoms with Crippen LogP contribution in [0.1, 0.15) is 37.3 Å². The fraction of sp³-hybridized carbons (Fsp3) is 0.824. The molecule has 0 atom stereocenters. The van der Waals surface area contributed by atoms with E-state index in [-0.39, 0.29) is 0 Å². The Morgan fingerprint density at radius 3 is 2.92 bits per heavy atom. The van der Waals surface area contributed by atoms with Gasteiger partial charge in [0, 0.05) is 53.4 Å². The number of nitrogens with zero attached hydrogens (tertiary/aromatic N) is 5. The van der Waals surface area contributed by atoms with Crippen molar-refractivity contribution in [3.8, 4) is 0 Å². The summed E-state index contributed by atoms with van der Waals surface area (Å²) >= 11 is 0. The molecular formula is C17H33N7O. The number of aryl methyl sites for hydroxylation is 1. The Morgan fingerprint density at radius 1 is 1.24 bits per heavy atom. The minimum absolute atomic E-state index is 0.649. The minimum atomic E-state index is 0.649. The third kappa shape index (κ3) is 6.62. The number of ether oxygens (including phenoxy) is 1. The highest BCUT2D eigenvalue weighted by atomic mass is 16.5. The van der Waals surface area contributed by atoms with Crippen LogP contribution < -0.4 is 10.6 Å². The van der Waals surface area contributed by atoms with Crippen molar-refractivity contribution < 1.29 is 4.74 Å². The monoisotopic (exact) mass is 351 g/mol. The molecular weight excluding hydrogens is 318 g/mol.